The van der Waals surface area contributed by atoms with Crippen molar-refractivity contribution >= 4 is 29.6 Å². The van der Waals surface area contributed by atoms with Crippen LogP contribution in [0.5, 0.6) is 0 Å². The molecule has 0 atom stereocenters. The Bertz CT molecular complexity index is 368. The number of esters is 1. The van der Waals surface area contributed by atoms with Crippen molar-refractivity contribution in [2.75, 3.05) is 32.1 Å². The van der Waals surface area contributed by atoms with Crippen LogP contribution in [0, 0.1) is 0 Å². The minimum absolute atomic E-state index is 0.142. The molecule has 0 fully saturated rings. The zero-order chi connectivity index (χ0) is 16.5. The first-order valence-corrected chi connectivity index (χ1v) is 7.19. The molecule has 8 heteroatoms. The third-order valence-electron chi connectivity index (χ3n) is 2.14. The van der Waals surface area contributed by atoms with Gasteiger partial charge in [0, 0.05) is 13.1 Å². The Balaban J connectivity index is 4.27. The Hall–Kier alpha value is -1.50. The summed E-state index contributed by atoms with van der Waals surface area (Å²) in [7, 11) is 0. The fourth-order valence-corrected chi connectivity index (χ4v) is 1.52. The van der Waals surface area contributed by atoms with E-state index in [2.05, 4.69) is 5.32 Å². The molecular weight excluding hydrogens is 300 g/mol. The summed E-state index contributed by atoms with van der Waals surface area (Å²) in [6, 6.07) is 0. The molecule has 7 nitrogen and oxygen atoms in total. The van der Waals surface area contributed by atoms with Gasteiger partial charge in [0.15, 0.2) is 0 Å². The second-order valence-corrected chi connectivity index (χ2v) is 5.45. The van der Waals surface area contributed by atoms with Crippen LogP contribution >= 0.6 is 11.6 Å². The highest BCUT2D eigenvalue weighted by Gasteiger charge is 2.19. The maximum atomic E-state index is 11.6. The normalized spacial score (nSPS) is 10.7. The molecule has 0 spiro atoms. The van der Waals surface area contributed by atoms with Gasteiger partial charge in [-0.3, -0.25) is 9.59 Å². The Morgan fingerprint density at radius 1 is 1.24 bits per heavy atom. The Labute approximate surface area is 129 Å². The van der Waals surface area contributed by atoms with Crippen LogP contribution in [0.15, 0.2) is 0 Å². The lowest BCUT2D eigenvalue weighted by Crippen LogP contribution is -2.43. The minimum Gasteiger partial charge on any atom is -0.465 e. The smallest absolute Gasteiger partial charge is 0.407 e. The quantitative estimate of drug-likeness (QED) is 0.561. The van der Waals surface area contributed by atoms with E-state index in [1.807, 2.05) is 0 Å². The summed E-state index contributed by atoms with van der Waals surface area (Å²) in [5.41, 5.74) is -0.597. The molecule has 0 heterocycles. The van der Waals surface area contributed by atoms with Crippen LogP contribution in [0.2, 0.25) is 0 Å². The molecule has 0 aromatic rings. The van der Waals surface area contributed by atoms with E-state index in [0.717, 1.165) is 0 Å². The maximum absolute atomic E-state index is 11.6. The van der Waals surface area contributed by atoms with Gasteiger partial charge in [0.1, 0.15) is 18.0 Å². The topological polar surface area (TPSA) is 84.9 Å². The highest BCUT2D eigenvalue weighted by atomic mass is 35.5. The molecule has 0 radical (unpaired) electrons. The lowest BCUT2D eigenvalue weighted by Gasteiger charge is -2.22. The summed E-state index contributed by atoms with van der Waals surface area (Å²) in [5, 5.41) is 2.50. The van der Waals surface area contributed by atoms with Crippen LogP contribution in [0.4, 0.5) is 4.79 Å². The van der Waals surface area contributed by atoms with Crippen molar-refractivity contribution in [1.29, 1.82) is 0 Å². The average molecular weight is 323 g/mol. The number of ether oxygens (including phenoxy) is 2. The predicted octanol–water partition coefficient (Wildman–Crippen LogP) is 1.14. The molecule has 0 unspecified atom stereocenters. The van der Waals surface area contributed by atoms with Crippen LogP contribution in [-0.4, -0.2) is 60.6 Å². The first kappa shape index (κ1) is 19.5. The number of carbonyl (C=O) groups excluding carboxylic acids is 3. The van der Waals surface area contributed by atoms with Crippen LogP contribution in [0.3, 0.4) is 0 Å². The van der Waals surface area contributed by atoms with Crippen LogP contribution < -0.4 is 5.32 Å². The number of alkyl halides is 1. The summed E-state index contributed by atoms with van der Waals surface area (Å²) < 4.78 is 9.83. The largest absolute Gasteiger partial charge is 0.465 e. The van der Waals surface area contributed by atoms with E-state index >= 15 is 0 Å². The Morgan fingerprint density at radius 2 is 1.86 bits per heavy atom. The number of hydrogen-bond donors (Lipinski definition) is 1. The molecule has 0 saturated carbocycles. The number of alkyl carbamates (subject to hydrolysis) is 1. The number of carbonyl (C=O) groups is 3. The number of halogens is 1. The summed E-state index contributed by atoms with van der Waals surface area (Å²) in [5.74, 6) is -1.17. The zero-order valence-corrected chi connectivity index (χ0v) is 13.7. The first-order valence-electron chi connectivity index (χ1n) is 6.65. The molecule has 0 aliphatic rings. The van der Waals surface area contributed by atoms with Crippen molar-refractivity contribution in [3.05, 3.63) is 0 Å². The van der Waals surface area contributed by atoms with Gasteiger partial charge in [0.05, 0.1) is 6.61 Å². The first-order chi connectivity index (χ1) is 9.69. The molecule has 0 saturated heterocycles. The minimum atomic E-state index is -0.597. The molecule has 21 heavy (non-hydrogen) atoms. The summed E-state index contributed by atoms with van der Waals surface area (Å²) in [6.45, 7) is 7.24. The van der Waals surface area contributed by atoms with E-state index in [-0.39, 0.29) is 32.1 Å². The second kappa shape index (κ2) is 9.44. The standard InChI is InChI=1S/C13H23ClN2O5/c1-5-20-11(18)9-16(10(17)8-14)7-6-15-12(19)21-13(2,3)4/h5-9H2,1-4H3,(H,15,19). The fourth-order valence-electron chi connectivity index (χ4n) is 1.35. The third-order valence-corrected chi connectivity index (χ3v) is 2.37. The molecule has 0 aliphatic carbocycles. The second-order valence-electron chi connectivity index (χ2n) is 5.18. The summed E-state index contributed by atoms with van der Waals surface area (Å²) in [4.78, 5) is 35.7. The molecule has 0 bridgehead atoms. The Morgan fingerprint density at radius 3 is 2.33 bits per heavy atom. The van der Waals surface area contributed by atoms with E-state index in [4.69, 9.17) is 21.1 Å². The van der Waals surface area contributed by atoms with E-state index < -0.39 is 23.6 Å². The van der Waals surface area contributed by atoms with E-state index in [1.165, 1.54) is 4.90 Å². The number of nitrogens with zero attached hydrogens (tertiary/aromatic N) is 1. The van der Waals surface area contributed by atoms with Crippen LogP contribution in [-0.2, 0) is 19.1 Å². The lowest BCUT2D eigenvalue weighted by atomic mass is 10.2. The lowest BCUT2D eigenvalue weighted by molar-refractivity contribution is -0.148. The monoisotopic (exact) mass is 322 g/mol. The maximum Gasteiger partial charge on any atom is 0.407 e. The van der Waals surface area contributed by atoms with Gasteiger partial charge in [-0.25, -0.2) is 4.79 Å². The van der Waals surface area contributed by atoms with Crippen LogP contribution in [0.25, 0.3) is 0 Å². The molecule has 0 aromatic heterocycles. The van der Waals surface area contributed by atoms with Gasteiger partial charge in [-0.1, -0.05) is 0 Å². The predicted molar refractivity (Wildman–Crippen MR) is 78.2 cm³/mol. The summed E-state index contributed by atoms with van der Waals surface area (Å²) >= 11 is 5.48. The van der Waals surface area contributed by atoms with Crippen molar-refractivity contribution in [2.24, 2.45) is 0 Å². The highest BCUT2D eigenvalue weighted by molar-refractivity contribution is 6.27. The molecule has 2 amide bonds. The fraction of sp³-hybridized carbons (Fsp3) is 0.769. The van der Waals surface area contributed by atoms with Gasteiger partial charge in [-0.05, 0) is 27.7 Å². The molecule has 0 aromatic carbocycles. The SMILES string of the molecule is CCOC(=O)CN(CCNC(=O)OC(C)(C)C)C(=O)CCl. The van der Waals surface area contributed by atoms with E-state index in [0.29, 0.717) is 0 Å². The van der Waals surface area contributed by atoms with Gasteiger partial charge in [0.2, 0.25) is 5.91 Å². The molecule has 0 aliphatic heterocycles. The number of nitrogens with one attached hydrogen (secondary N) is 1. The van der Waals surface area contributed by atoms with Crippen molar-refractivity contribution in [1.82, 2.24) is 10.2 Å². The Kier molecular flexibility index (Phi) is 8.76. The average Bonchev–Trinajstić information content (AvgIpc) is 2.34. The highest BCUT2D eigenvalue weighted by Crippen LogP contribution is 2.06. The van der Waals surface area contributed by atoms with Crippen LogP contribution in [0.1, 0.15) is 27.7 Å². The summed E-state index contributed by atoms with van der Waals surface area (Å²) in [6.07, 6.45) is -0.586. The number of hydrogen-bond acceptors (Lipinski definition) is 5. The molecular formula is C13H23ClN2O5. The van der Waals surface area contributed by atoms with Gasteiger partial charge >= 0.3 is 12.1 Å². The van der Waals surface area contributed by atoms with E-state index in [1.54, 1.807) is 27.7 Å². The molecule has 1 N–H and O–H groups in total. The van der Waals surface area contributed by atoms with Crippen molar-refractivity contribution < 1.29 is 23.9 Å². The van der Waals surface area contributed by atoms with E-state index in [9.17, 15) is 14.4 Å². The van der Waals surface area contributed by atoms with Gasteiger partial charge in [-0.2, -0.15) is 0 Å². The molecule has 0 rings (SSSR count). The van der Waals surface area contributed by atoms with Gasteiger partial charge < -0.3 is 19.7 Å². The van der Waals surface area contributed by atoms with Crippen molar-refractivity contribution in [3.63, 3.8) is 0 Å². The molecule has 122 valence electrons. The zero-order valence-electron chi connectivity index (χ0n) is 12.9. The van der Waals surface area contributed by atoms with Crippen molar-refractivity contribution in [3.8, 4) is 0 Å². The van der Waals surface area contributed by atoms with Gasteiger partial charge in [-0.15, -0.1) is 11.6 Å². The van der Waals surface area contributed by atoms with Crippen molar-refractivity contribution in [2.45, 2.75) is 33.3 Å². The number of amides is 2. The number of rotatable bonds is 7. The van der Waals surface area contributed by atoms with Gasteiger partial charge in [0.25, 0.3) is 0 Å². The third kappa shape index (κ3) is 9.95.